The van der Waals surface area contributed by atoms with E-state index in [1.54, 1.807) is 44.6 Å². The summed E-state index contributed by atoms with van der Waals surface area (Å²) in [5, 5.41) is 16.1. The quantitative estimate of drug-likeness (QED) is 0.0682. The minimum absolute atomic E-state index is 0.0429. The van der Waals surface area contributed by atoms with Crippen LogP contribution in [0.2, 0.25) is 0 Å². The second-order valence-corrected chi connectivity index (χ2v) is 10.9. The van der Waals surface area contributed by atoms with Crippen molar-refractivity contribution in [3.63, 3.8) is 0 Å². The first kappa shape index (κ1) is 32.9. The van der Waals surface area contributed by atoms with Gasteiger partial charge in [0.1, 0.15) is 5.75 Å². The molecular weight excluding hydrogens is 598 g/mol. The van der Waals surface area contributed by atoms with E-state index in [9.17, 15) is 10.3 Å². The van der Waals surface area contributed by atoms with Crippen LogP contribution in [0, 0.1) is 0 Å². The van der Waals surface area contributed by atoms with Gasteiger partial charge in [-0.25, -0.2) is 4.99 Å². The Morgan fingerprint density at radius 3 is 2.45 bits per heavy atom. The molecule has 11 nitrogen and oxygen atoms in total. The number of methoxy groups -OCH3 is 2. The summed E-state index contributed by atoms with van der Waals surface area (Å²) in [6, 6.07) is 29.6. The van der Waals surface area contributed by atoms with E-state index < -0.39 is 11.6 Å². The molecule has 2 atom stereocenters. The average molecular weight is 636 g/mol. The molecule has 11 heteroatoms. The Bertz CT molecular complexity index is 1740. The van der Waals surface area contributed by atoms with Crippen molar-refractivity contribution in [2.75, 3.05) is 34.0 Å². The van der Waals surface area contributed by atoms with Gasteiger partial charge in [-0.1, -0.05) is 65.8 Å². The molecule has 1 aliphatic rings. The zero-order valence-electron chi connectivity index (χ0n) is 26.3. The highest BCUT2D eigenvalue weighted by Crippen LogP contribution is 2.45. The third-order valence-electron chi connectivity index (χ3n) is 7.87. The molecule has 1 amide bonds. The van der Waals surface area contributed by atoms with Crippen molar-refractivity contribution in [2.45, 2.75) is 30.9 Å². The van der Waals surface area contributed by atoms with Gasteiger partial charge in [0.2, 0.25) is 5.90 Å². The molecule has 4 aromatic rings. The Hall–Kier alpha value is -5.51. The van der Waals surface area contributed by atoms with Crippen LogP contribution in [0.3, 0.4) is 0 Å². The van der Waals surface area contributed by atoms with Gasteiger partial charge in [-0.05, 0) is 59.5 Å². The second-order valence-electron chi connectivity index (χ2n) is 10.9. The minimum atomic E-state index is -1.45. The lowest BCUT2D eigenvalue weighted by molar-refractivity contribution is -0.128. The third-order valence-corrected chi connectivity index (χ3v) is 7.87. The van der Waals surface area contributed by atoms with Crippen molar-refractivity contribution in [1.29, 1.82) is 0 Å². The maximum Gasteiger partial charge on any atom is 0.252 e. The Labute approximate surface area is 273 Å². The molecule has 1 heterocycles. The molecule has 0 spiro atoms. The van der Waals surface area contributed by atoms with Crippen LogP contribution in [0.1, 0.15) is 34.8 Å². The first-order valence-corrected chi connectivity index (χ1v) is 15.3. The van der Waals surface area contributed by atoms with Crippen LogP contribution in [-0.4, -0.2) is 56.4 Å². The molecule has 0 saturated heterocycles. The molecule has 0 aliphatic carbocycles. The highest BCUT2D eigenvalue weighted by atomic mass is 16.5. The summed E-state index contributed by atoms with van der Waals surface area (Å²) in [6.07, 6.45) is 0.355. The van der Waals surface area contributed by atoms with Gasteiger partial charge in [0.05, 0.1) is 20.8 Å². The van der Waals surface area contributed by atoms with Crippen molar-refractivity contribution in [3.05, 3.63) is 130 Å². The number of hydrogen-bond donors (Lipinski definition) is 2. The largest absolute Gasteiger partial charge is 0.494 e. The summed E-state index contributed by atoms with van der Waals surface area (Å²) in [4.78, 5) is 22.6. The minimum Gasteiger partial charge on any atom is -0.494 e. The number of ether oxygens (including phenoxy) is 4. The maximum absolute atomic E-state index is 14.5. The molecule has 0 aromatic heterocycles. The monoisotopic (exact) mass is 635 g/mol. The summed E-state index contributed by atoms with van der Waals surface area (Å²) in [5.41, 5.74) is 11.3. The van der Waals surface area contributed by atoms with E-state index in [0.29, 0.717) is 60.1 Å². The number of aliphatic imine (C=N–C) groups is 1. The molecule has 5 rings (SSSR count). The predicted octanol–water partition coefficient (Wildman–Crippen LogP) is 6.27. The van der Waals surface area contributed by atoms with E-state index in [-0.39, 0.29) is 24.8 Å². The molecule has 242 valence electrons. The van der Waals surface area contributed by atoms with Gasteiger partial charge in [-0.15, -0.1) is 0 Å². The normalized spacial score (nSPS) is 16.7. The Balaban J connectivity index is 1.53. The lowest BCUT2D eigenvalue weighted by Gasteiger charge is -2.31. The van der Waals surface area contributed by atoms with Crippen molar-refractivity contribution in [1.82, 2.24) is 5.32 Å². The number of aliphatic hydroxyl groups is 1. The van der Waals surface area contributed by atoms with Crippen molar-refractivity contribution < 1.29 is 28.8 Å². The van der Waals surface area contributed by atoms with Gasteiger partial charge >= 0.3 is 0 Å². The summed E-state index contributed by atoms with van der Waals surface area (Å²) in [7, 11) is 3.17. The fourth-order valence-electron chi connectivity index (χ4n) is 5.52. The van der Waals surface area contributed by atoms with E-state index in [0.717, 1.165) is 11.1 Å². The molecule has 0 radical (unpaired) electrons. The van der Waals surface area contributed by atoms with E-state index in [1.165, 1.54) is 0 Å². The smallest absolute Gasteiger partial charge is 0.252 e. The van der Waals surface area contributed by atoms with Crippen molar-refractivity contribution >= 4 is 17.5 Å². The number of benzene rings is 4. The number of nitrogens with zero attached hydrogens (tertiary/aromatic N) is 4. The molecule has 0 saturated carbocycles. The SMILES string of the molecule is COc1ccc(CCNC(=O)[C@]2(Cc3ccccc3)N=C(c3ccc(OCCCO)cc3)O[C@@H]2c2ccccc2N=[N+]=[N-])cc1OC. The number of carbonyl (C=O) groups excluding carboxylic acids is 1. The molecule has 1 aliphatic heterocycles. The summed E-state index contributed by atoms with van der Waals surface area (Å²) >= 11 is 0. The van der Waals surface area contributed by atoms with Crippen LogP contribution in [0.4, 0.5) is 5.69 Å². The molecule has 47 heavy (non-hydrogen) atoms. The Kier molecular flexibility index (Phi) is 11.0. The van der Waals surface area contributed by atoms with Gasteiger partial charge in [0.25, 0.3) is 5.91 Å². The fourth-order valence-corrected chi connectivity index (χ4v) is 5.52. The van der Waals surface area contributed by atoms with Gasteiger partial charge < -0.3 is 29.4 Å². The third kappa shape index (κ3) is 7.66. The zero-order valence-corrected chi connectivity index (χ0v) is 26.3. The van der Waals surface area contributed by atoms with E-state index in [4.69, 9.17) is 29.0 Å². The van der Waals surface area contributed by atoms with Gasteiger partial charge in [0.15, 0.2) is 23.1 Å². The van der Waals surface area contributed by atoms with Crippen LogP contribution >= 0.6 is 0 Å². The number of amides is 1. The number of rotatable bonds is 15. The molecule has 2 N–H and O–H groups in total. The Morgan fingerprint density at radius 2 is 1.72 bits per heavy atom. The zero-order chi connectivity index (χ0) is 33.1. The van der Waals surface area contributed by atoms with E-state index >= 15 is 0 Å². The molecule has 0 bridgehead atoms. The standard InChI is InChI=1S/C36H37N5O6/c1-44-31-18-13-25(23-32(31)45-2)19-20-38-35(43)36(24-26-9-4-3-5-10-26)33(29-11-6-7-12-30(29)40-41-37)47-34(39-36)27-14-16-28(17-15-27)46-22-8-21-42/h3-7,9-18,23,33,42H,8,19-22,24H2,1-2H3,(H,38,43)/t33-,36-/m1/s1. The number of aliphatic hydroxyl groups excluding tert-OH is 1. The summed E-state index contributed by atoms with van der Waals surface area (Å²) in [6.45, 7) is 0.747. The number of carbonyl (C=O) groups is 1. The lowest BCUT2D eigenvalue weighted by atomic mass is 9.81. The van der Waals surface area contributed by atoms with Crippen molar-refractivity contribution in [3.8, 4) is 17.2 Å². The van der Waals surface area contributed by atoms with Gasteiger partial charge in [0, 0.05) is 47.7 Å². The first-order chi connectivity index (χ1) is 23.0. The molecule has 0 fully saturated rings. The molecular formula is C36H37N5O6. The summed E-state index contributed by atoms with van der Waals surface area (Å²) < 4.78 is 23.1. The van der Waals surface area contributed by atoms with E-state index in [1.807, 2.05) is 66.7 Å². The van der Waals surface area contributed by atoms with Crippen LogP contribution in [-0.2, 0) is 22.4 Å². The second kappa shape index (κ2) is 15.7. The van der Waals surface area contributed by atoms with Crippen LogP contribution in [0.25, 0.3) is 10.4 Å². The first-order valence-electron chi connectivity index (χ1n) is 15.3. The number of nitrogens with one attached hydrogen (secondary N) is 1. The maximum atomic E-state index is 14.5. The van der Waals surface area contributed by atoms with Crippen LogP contribution in [0.15, 0.2) is 107 Å². The topological polar surface area (TPSA) is 147 Å². The van der Waals surface area contributed by atoms with Crippen LogP contribution < -0.4 is 19.5 Å². The highest BCUT2D eigenvalue weighted by Gasteiger charge is 2.53. The molecule has 0 unspecified atom stereocenters. The van der Waals surface area contributed by atoms with Gasteiger partial charge in [-0.2, -0.15) is 0 Å². The lowest BCUT2D eigenvalue weighted by Crippen LogP contribution is -2.50. The molecule has 4 aromatic carbocycles. The fraction of sp³-hybridized carbons (Fsp3) is 0.278. The van der Waals surface area contributed by atoms with Gasteiger partial charge in [-0.3, -0.25) is 4.79 Å². The summed E-state index contributed by atoms with van der Waals surface area (Å²) in [5.74, 6) is 1.81. The van der Waals surface area contributed by atoms with E-state index in [2.05, 4.69) is 15.3 Å². The number of hydrogen-bond acceptors (Lipinski definition) is 8. The van der Waals surface area contributed by atoms with Crippen molar-refractivity contribution in [2.24, 2.45) is 10.1 Å². The van der Waals surface area contributed by atoms with Crippen LogP contribution in [0.5, 0.6) is 17.2 Å². The average Bonchev–Trinajstić information content (AvgIpc) is 3.49. The Morgan fingerprint density at radius 1 is 0.979 bits per heavy atom. The predicted molar refractivity (Wildman–Crippen MR) is 178 cm³/mol. The highest BCUT2D eigenvalue weighted by molar-refractivity contribution is 6.01. The number of azide groups is 1.